The fraction of sp³-hybridized carbons (Fsp3) is 0.0952. The fourth-order valence-electron chi connectivity index (χ4n) is 2.93. The summed E-state index contributed by atoms with van der Waals surface area (Å²) in [7, 11) is -2.26. The van der Waals surface area contributed by atoms with Gasteiger partial charge in [0.1, 0.15) is 17.1 Å². The van der Waals surface area contributed by atoms with E-state index in [4.69, 9.17) is 8.83 Å². The molecule has 2 aromatic heterocycles. The summed E-state index contributed by atoms with van der Waals surface area (Å²) in [4.78, 5) is 11.4. The van der Waals surface area contributed by atoms with E-state index in [9.17, 15) is 13.2 Å². The van der Waals surface area contributed by atoms with Crippen molar-refractivity contribution >= 4 is 36.9 Å². The van der Waals surface area contributed by atoms with E-state index in [1.165, 1.54) is 41.7 Å². The van der Waals surface area contributed by atoms with Gasteiger partial charge in [-0.25, -0.2) is 13.2 Å². The monoisotopic (exact) mass is 473 g/mol. The van der Waals surface area contributed by atoms with E-state index in [0.717, 1.165) is 10.0 Å². The Morgan fingerprint density at radius 3 is 2.45 bits per heavy atom. The lowest BCUT2D eigenvalue weighted by Crippen LogP contribution is -2.26. The van der Waals surface area contributed by atoms with Crippen LogP contribution in [0, 0.1) is 0 Å². The lowest BCUT2D eigenvalue weighted by molar-refractivity contribution is 0.410. The first-order chi connectivity index (χ1) is 13.8. The number of fused-ring (bicyclic) bond motifs is 1. The molecule has 0 spiro atoms. The Labute approximate surface area is 175 Å². The number of hydrogen-bond donors (Lipinski definition) is 0. The molecule has 0 atom stereocenters. The molecule has 0 amide bonds. The molecule has 0 unspecified atom stereocenters. The summed E-state index contributed by atoms with van der Waals surface area (Å²) in [6.07, 6.45) is 0. The Morgan fingerprint density at radius 2 is 1.69 bits per heavy atom. The van der Waals surface area contributed by atoms with Crippen molar-refractivity contribution in [2.75, 3.05) is 7.05 Å². The molecule has 0 aliphatic heterocycles. The molecule has 0 bridgehead atoms. The average Bonchev–Trinajstić information content (AvgIpc) is 3.16. The maximum atomic E-state index is 12.9. The van der Waals surface area contributed by atoms with Crippen LogP contribution in [-0.4, -0.2) is 19.8 Å². The normalized spacial score (nSPS) is 12.0. The van der Waals surface area contributed by atoms with Gasteiger partial charge in [-0.05, 0) is 48.5 Å². The largest absolute Gasteiger partial charge is 0.460 e. The minimum atomic E-state index is -3.75. The van der Waals surface area contributed by atoms with Crippen molar-refractivity contribution in [1.29, 1.82) is 0 Å². The van der Waals surface area contributed by atoms with Crippen LogP contribution in [0.4, 0.5) is 0 Å². The Bertz CT molecular complexity index is 1340. The van der Waals surface area contributed by atoms with Gasteiger partial charge in [0.25, 0.3) is 0 Å². The second-order valence-corrected chi connectivity index (χ2v) is 9.45. The predicted octanol–water partition coefficient (Wildman–Crippen LogP) is 4.64. The maximum Gasteiger partial charge on any atom is 0.336 e. The molecule has 6 nitrogen and oxygen atoms in total. The van der Waals surface area contributed by atoms with Gasteiger partial charge in [-0.2, -0.15) is 4.31 Å². The smallest absolute Gasteiger partial charge is 0.336 e. The molecule has 4 rings (SSSR count). The van der Waals surface area contributed by atoms with E-state index in [1.54, 1.807) is 6.07 Å². The topological polar surface area (TPSA) is 80.7 Å². The van der Waals surface area contributed by atoms with Crippen molar-refractivity contribution in [3.8, 4) is 11.3 Å². The molecular weight excluding hydrogens is 458 g/mol. The van der Waals surface area contributed by atoms with Crippen molar-refractivity contribution < 1.29 is 17.3 Å². The summed E-state index contributed by atoms with van der Waals surface area (Å²) in [5.41, 5.74) is 0.759. The second kappa shape index (κ2) is 7.62. The van der Waals surface area contributed by atoms with Gasteiger partial charge in [0.15, 0.2) is 0 Å². The minimum absolute atomic E-state index is 0.0841. The van der Waals surface area contributed by atoms with Gasteiger partial charge < -0.3 is 8.83 Å². The van der Waals surface area contributed by atoms with Crippen LogP contribution in [0.15, 0.2) is 89.7 Å². The highest BCUT2D eigenvalue weighted by atomic mass is 79.9. The van der Waals surface area contributed by atoms with Gasteiger partial charge in [-0.3, -0.25) is 0 Å². The molecule has 4 aromatic rings. The highest BCUT2D eigenvalue weighted by molar-refractivity contribution is 9.10. The maximum absolute atomic E-state index is 12.9. The van der Waals surface area contributed by atoms with Crippen LogP contribution in [0.2, 0.25) is 0 Å². The summed E-state index contributed by atoms with van der Waals surface area (Å²) in [6.45, 7) is 0.0841. The Kier molecular flexibility index (Phi) is 5.16. The highest BCUT2D eigenvalue weighted by Crippen LogP contribution is 2.26. The zero-order chi connectivity index (χ0) is 20.6. The van der Waals surface area contributed by atoms with Crippen molar-refractivity contribution in [3.05, 3.63) is 87.4 Å². The second-order valence-electron chi connectivity index (χ2n) is 6.49. The van der Waals surface area contributed by atoms with Gasteiger partial charge >= 0.3 is 5.63 Å². The van der Waals surface area contributed by atoms with Crippen LogP contribution in [0.25, 0.3) is 22.3 Å². The molecule has 29 heavy (non-hydrogen) atoms. The van der Waals surface area contributed by atoms with Crippen LogP contribution >= 0.6 is 15.9 Å². The van der Waals surface area contributed by atoms with Gasteiger partial charge in [0.05, 0.1) is 11.4 Å². The minimum Gasteiger partial charge on any atom is -0.460 e. The van der Waals surface area contributed by atoms with E-state index >= 15 is 0 Å². The van der Waals surface area contributed by atoms with E-state index in [-0.39, 0.29) is 11.4 Å². The quantitative estimate of drug-likeness (QED) is 0.394. The molecule has 0 aliphatic carbocycles. The van der Waals surface area contributed by atoms with Crippen LogP contribution in [0.5, 0.6) is 0 Å². The Hall–Kier alpha value is -2.68. The Balaban J connectivity index is 1.57. The zero-order valence-electron chi connectivity index (χ0n) is 15.3. The molecule has 0 saturated heterocycles. The van der Waals surface area contributed by atoms with Crippen LogP contribution in [0.3, 0.4) is 0 Å². The van der Waals surface area contributed by atoms with Gasteiger partial charge in [-0.1, -0.05) is 28.1 Å². The van der Waals surface area contributed by atoms with Crippen molar-refractivity contribution in [2.45, 2.75) is 11.4 Å². The first-order valence-corrected chi connectivity index (χ1v) is 10.9. The lowest BCUT2D eigenvalue weighted by atomic mass is 10.2. The number of sulfonamides is 1. The van der Waals surface area contributed by atoms with E-state index in [1.807, 2.05) is 30.3 Å². The number of nitrogens with zero attached hydrogens (tertiary/aromatic N) is 1. The van der Waals surface area contributed by atoms with E-state index in [0.29, 0.717) is 22.5 Å². The molecule has 0 fully saturated rings. The summed E-state index contributed by atoms with van der Waals surface area (Å²) < 4.78 is 39.0. The highest BCUT2D eigenvalue weighted by Gasteiger charge is 2.22. The summed E-state index contributed by atoms with van der Waals surface area (Å²) in [6, 6.07) is 18.4. The molecular formula is C21H16BrNO5S. The molecule has 148 valence electrons. The number of benzene rings is 2. The number of hydrogen-bond acceptors (Lipinski definition) is 5. The zero-order valence-corrected chi connectivity index (χ0v) is 17.7. The van der Waals surface area contributed by atoms with Crippen LogP contribution in [0.1, 0.15) is 5.76 Å². The number of furan rings is 1. The van der Waals surface area contributed by atoms with Gasteiger partial charge in [-0.15, -0.1) is 0 Å². The van der Waals surface area contributed by atoms with Crippen LogP contribution < -0.4 is 5.63 Å². The summed E-state index contributed by atoms with van der Waals surface area (Å²) in [5, 5.41) is 0.537. The first-order valence-electron chi connectivity index (χ1n) is 8.68. The van der Waals surface area contributed by atoms with E-state index in [2.05, 4.69) is 15.9 Å². The summed E-state index contributed by atoms with van der Waals surface area (Å²) in [5.74, 6) is 1.19. The van der Waals surface area contributed by atoms with Crippen molar-refractivity contribution in [2.24, 2.45) is 0 Å². The number of halogens is 1. The average molecular weight is 474 g/mol. The standard InChI is InChI=1S/C21H16BrNO5S/c1-23(13-17-7-9-19(27-17)14-2-5-16(22)6-3-14)29(25,26)18-8-10-20-15(12-18)4-11-21(24)28-20/h2-12H,13H2,1H3. The van der Waals surface area contributed by atoms with Crippen molar-refractivity contribution in [1.82, 2.24) is 4.31 Å². The Morgan fingerprint density at radius 1 is 0.931 bits per heavy atom. The predicted molar refractivity (Wildman–Crippen MR) is 113 cm³/mol. The molecule has 0 N–H and O–H groups in total. The molecule has 0 radical (unpaired) electrons. The van der Waals surface area contributed by atoms with Crippen LogP contribution in [-0.2, 0) is 16.6 Å². The third kappa shape index (κ3) is 4.05. The fourth-order valence-corrected chi connectivity index (χ4v) is 4.36. The third-order valence-electron chi connectivity index (χ3n) is 4.47. The van der Waals surface area contributed by atoms with E-state index < -0.39 is 15.6 Å². The third-order valence-corrected chi connectivity index (χ3v) is 6.80. The number of rotatable bonds is 5. The first kappa shape index (κ1) is 19.6. The molecule has 2 heterocycles. The lowest BCUT2D eigenvalue weighted by Gasteiger charge is -2.16. The van der Waals surface area contributed by atoms with Crippen molar-refractivity contribution in [3.63, 3.8) is 0 Å². The SMILES string of the molecule is CN(Cc1ccc(-c2ccc(Br)cc2)o1)S(=O)(=O)c1ccc2oc(=O)ccc2c1. The van der Waals surface area contributed by atoms with Gasteiger partial charge in [0.2, 0.25) is 10.0 Å². The molecule has 0 saturated carbocycles. The molecule has 2 aromatic carbocycles. The molecule has 8 heteroatoms. The summed E-state index contributed by atoms with van der Waals surface area (Å²) >= 11 is 3.39. The van der Waals surface area contributed by atoms with Gasteiger partial charge in [0, 0.05) is 28.5 Å². The molecule has 0 aliphatic rings.